The summed E-state index contributed by atoms with van der Waals surface area (Å²) in [7, 11) is 2.08. The number of rotatable bonds is 4. The molecule has 2 rings (SSSR count). The predicted molar refractivity (Wildman–Crippen MR) is 83.8 cm³/mol. The summed E-state index contributed by atoms with van der Waals surface area (Å²) in [5.74, 6) is 1.61. The number of nitrogens with zero attached hydrogens (tertiary/aromatic N) is 1. The summed E-state index contributed by atoms with van der Waals surface area (Å²) in [4.78, 5) is 6.13. The van der Waals surface area contributed by atoms with Gasteiger partial charge in [-0.3, -0.25) is 0 Å². The zero-order chi connectivity index (χ0) is 14.0. The maximum Gasteiger partial charge on any atom is 0.0933 e. The van der Waals surface area contributed by atoms with Gasteiger partial charge in [-0.05, 0) is 64.0 Å². The highest BCUT2D eigenvalue weighted by atomic mass is 32.1. The number of hydrogen-bond acceptors (Lipinski definition) is 3. The molecule has 0 amide bonds. The van der Waals surface area contributed by atoms with E-state index in [1.807, 2.05) is 11.3 Å². The fraction of sp³-hybridized carbons (Fsp3) is 0.812. The maximum atomic E-state index is 4.74. The van der Waals surface area contributed by atoms with Crippen LogP contribution in [0.25, 0.3) is 0 Å². The third-order valence-electron chi connectivity index (χ3n) is 4.65. The van der Waals surface area contributed by atoms with Gasteiger partial charge in [-0.2, -0.15) is 0 Å². The summed E-state index contributed by atoms with van der Waals surface area (Å²) < 4.78 is 0. The van der Waals surface area contributed by atoms with Crippen LogP contribution < -0.4 is 5.32 Å². The third-order valence-corrected chi connectivity index (χ3v) is 5.74. The molecule has 0 saturated heterocycles. The van der Waals surface area contributed by atoms with E-state index in [2.05, 4.69) is 40.1 Å². The van der Waals surface area contributed by atoms with Crippen molar-refractivity contribution in [1.82, 2.24) is 10.3 Å². The second kappa shape index (κ2) is 5.92. The summed E-state index contributed by atoms with van der Waals surface area (Å²) in [6, 6.07) is 0. The minimum absolute atomic E-state index is 0.510. The molecule has 2 nitrogen and oxygen atoms in total. The molecule has 1 saturated carbocycles. The van der Waals surface area contributed by atoms with Crippen LogP contribution in [0.4, 0.5) is 0 Å². The Bertz CT molecular complexity index is 403. The van der Waals surface area contributed by atoms with Gasteiger partial charge in [0.25, 0.3) is 0 Å². The highest BCUT2D eigenvalue weighted by Gasteiger charge is 2.34. The molecule has 2 atom stereocenters. The summed E-state index contributed by atoms with van der Waals surface area (Å²) in [6.07, 6.45) is 5.25. The van der Waals surface area contributed by atoms with Crippen LogP contribution in [0.2, 0.25) is 0 Å². The SMILES string of the molecule is CNCC1CCC(C)(C)CC1Cc1nc(C)c(C)s1. The lowest BCUT2D eigenvalue weighted by molar-refractivity contribution is 0.117. The number of aromatic nitrogens is 1. The minimum atomic E-state index is 0.510. The van der Waals surface area contributed by atoms with Crippen LogP contribution in [0.3, 0.4) is 0 Å². The Balaban J connectivity index is 2.08. The van der Waals surface area contributed by atoms with Crippen molar-refractivity contribution in [2.24, 2.45) is 17.3 Å². The Hall–Kier alpha value is -0.410. The summed E-state index contributed by atoms with van der Waals surface area (Å²) in [5, 5.41) is 4.73. The van der Waals surface area contributed by atoms with Gasteiger partial charge in [-0.1, -0.05) is 13.8 Å². The lowest BCUT2D eigenvalue weighted by Crippen LogP contribution is -2.36. The predicted octanol–water partition coefficient (Wildman–Crippen LogP) is 3.96. The van der Waals surface area contributed by atoms with Gasteiger partial charge in [-0.25, -0.2) is 4.98 Å². The molecule has 1 aliphatic carbocycles. The lowest BCUT2D eigenvalue weighted by Gasteiger charge is -2.40. The Labute approximate surface area is 122 Å². The van der Waals surface area contributed by atoms with E-state index in [0.29, 0.717) is 5.41 Å². The molecule has 2 unspecified atom stereocenters. The fourth-order valence-electron chi connectivity index (χ4n) is 3.41. The summed E-state index contributed by atoms with van der Waals surface area (Å²) in [5.41, 5.74) is 1.73. The summed E-state index contributed by atoms with van der Waals surface area (Å²) >= 11 is 1.90. The molecule has 0 radical (unpaired) electrons. The topological polar surface area (TPSA) is 24.9 Å². The second-order valence-electron chi connectivity index (χ2n) is 6.94. The van der Waals surface area contributed by atoms with Crippen molar-refractivity contribution in [1.29, 1.82) is 0 Å². The molecule has 0 bridgehead atoms. The van der Waals surface area contributed by atoms with E-state index in [1.165, 1.54) is 41.3 Å². The molecule has 108 valence electrons. The van der Waals surface area contributed by atoms with Crippen LogP contribution in [0.15, 0.2) is 0 Å². The lowest BCUT2D eigenvalue weighted by atomic mass is 9.66. The van der Waals surface area contributed by atoms with Crippen molar-refractivity contribution < 1.29 is 0 Å². The average Bonchev–Trinajstić information content (AvgIpc) is 2.61. The smallest absolute Gasteiger partial charge is 0.0933 e. The fourth-order valence-corrected chi connectivity index (χ4v) is 4.44. The molecule has 1 N–H and O–H groups in total. The molecule has 1 fully saturated rings. The third kappa shape index (κ3) is 3.79. The molecule has 1 heterocycles. The van der Waals surface area contributed by atoms with Crippen molar-refractivity contribution in [2.45, 2.75) is 53.4 Å². The molecule has 0 aliphatic heterocycles. The van der Waals surface area contributed by atoms with E-state index >= 15 is 0 Å². The normalized spacial score (nSPS) is 26.6. The van der Waals surface area contributed by atoms with Crippen molar-refractivity contribution in [3.05, 3.63) is 15.6 Å². The van der Waals surface area contributed by atoms with E-state index in [9.17, 15) is 0 Å². The molecule has 3 heteroatoms. The van der Waals surface area contributed by atoms with Gasteiger partial charge in [0.05, 0.1) is 10.7 Å². The van der Waals surface area contributed by atoms with Crippen LogP contribution in [-0.4, -0.2) is 18.6 Å². The number of thiazole rings is 1. The molecule has 19 heavy (non-hydrogen) atoms. The first-order chi connectivity index (χ1) is 8.91. The van der Waals surface area contributed by atoms with Gasteiger partial charge < -0.3 is 5.32 Å². The maximum absolute atomic E-state index is 4.74. The van der Waals surface area contributed by atoms with E-state index < -0.39 is 0 Å². The Morgan fingerprint density at radius 2 is 2.05 bits per heavy atom. The van der Waals surface area contributed by atoms with Gasteiger partial charge in [0.1, 0.15) is 0 Å². The monoisotopic (exact) mass is 280 g/mol. The van der Waals surface area contributed by atoms with Crippen LogP contribution in [0.5, 0.6) is 0 Å². The van der Waals surface area contributed by atoms with E-state index in [4.69, 9.17) is 4.98 Å². The first-order valence-electron chi connectivity index (χ1n) is 7.49. The van der Waals surface area contributed by atoms with Gasteiger partial charge in [0.15, 0.2) is 0 Å². The van der Waals surface area contributed by atoms with Gasteiger partial charge in [0, 0.05) is 11.3 Å². The Morgan fingerprint density at radius 1 is 1.32 bits per heavy atom. The molecule has 1 aromatic rings. The van der Waals surface area contributed by atoms with Gasteiger partial charge in [-0.15, -0.1) is 11.3 Å². The van der Waals surface area contributed by atoms with Crippen LogP contribution in [0.1, 0.15) is 48.7 Å². The van der Waals surface area contributed by atoms with Gasteiger partial charge >= 0.3 is 0 Å². The van der Waals surface area contributed by atoms with Crippen LogP contribution in [0, 0.1) is 31.1 Å². The van der Waals surface area contributed by atoms with Crippen LogP contribution in [-0.2, 0) is 6.42 Å². The van der Waals surface area contributed by atoms with Crippen LogP contribution >= 0.6 is 11.3 Å². The first-order valence-corrected chi connectivity index (χ1v) is 8.30. The standard InChI is InChI=1S/C16H28N2S/c1-11-12(2)19-15(18-11)8-14-9-16(3,4)7-6-13(14)10-17-5/h13-14,17H,6-10H2,1-5H3. The molecule has 1 aliphatic rings. The van der Waals surface area contributed by atoms with E-state index in [1.54, 1.807) is 0 Å². The van der Waals surface area contributed by atoms with E-state index in [-0.39, 0.29) is 0 Å². The van der Waals surface area contributed by atoms with Crippen molar-refractivity contribution in [3.63, 3.8) is 0 Å². The van der Waals surface area contributed by atoms with Gasteiger partial charge in [0.2, 0.25) is 0 Å². The Kier molecular flexibility index (Phi) is 4.67. The second-order valence-corrected chi connectivity index (χ2v) is 8.23. The van der Waals surface area contributed by atoms with Crippen molar-refractivity contribution >= 4 is 11.3 Å². The van der Waals surface area contributed by atoms with Crippen molar-refractivity contribution in [3.8, 4) is 0 Å². The zero-order valence-corrected chi connectivity index (χ0v) is 13.9. The molecule has 1 aromatic heterocycles. The molecular weight excluding hydrogens is 252 g/mol. The quantitative estimate of drug-likeness (QED) is 0.903. The first kappa shape index (κ1) is 15.0. The summed E-state index contributed by atoms with van der Waals surface area (Å²) in [6.45, 7) is 10.3. The highest BCUT2D eigenvalue weighted by Crippen LogP contribution is 2.43. The number of nitrogens with one attached hydrogen (secondary N) is 1. The highest BCUT2D eigenvalue weighted by molar-refractivity contribution is 7.11. The zero-order valence-electron chi connectivity index (χ0n) is 13.0. The Morgan fingerprint density at radius 3 is 2.63 bits per heavy atom. The average molecular weight is 280 g/mol. The number of aryl methyl sites for hydroxylation is 2. The minimum Gasteiger partial charge on any atom is -0.319 e. The molecular formula is C16H28N2S. The number of hydrogen-bond donors (Lipinski definition) is 1. The largest absolute Gasteiger partial charge is 0.319 e. The van der Waals surface area contributed by atoms with Crippen molar-refractivity contribution in [2.75, 3.05) is 13.6 Å². The molecule has 0 aromatic carbocycles. The van der Waals surface area contributed by atoms with E-state index in [0.717, 1.165) is 18.4 Å². The molecule has 0 spiro atoms.